The molecule has 0 aliphatic heterocycles. The molecule has 1 amide bonds. The van der Waals surface area contributed by atoms with Crippen molar-refractivity contribution in [2.45, 2.75) is 32.1 Å². The van der Waals surface area contributed by atoms with E-state index >= 15 is 4.39 Å². The molecule has 2 N–H and O–H groups in total. The van der Waals surface area contributed by atoms with Crippen LogP contribution in [0.3, 0.4) is 0 Å². The van der Waals surface area contributed by atoms with Crippen LogP contribution in [0.1, 0.15) is 57.9 Å². The summed E-state index contributed by atoms with van der Waals surface area (Å²) in [5.41, 5.74) is 5.03. The number of rotatable bonds is 7. The van der Waals surface area contributed by atoms with E-state index in [1.807, 2.05) is 0 Å². The lowest BCUT2D eigenvalue weighted by molar-refractivity contribution is 0.0996. The fraction of sp³-hybridized carbons (Fsp3) is 0.185. The number of carbonyl (C=O) groups excluding carboxylic acids is 1. The van der Waals surface area contributed by atoms with Crippen LogP contribution in [0.15, 0.2) is 70.6 Å². The minimum Gasteiger partial charge on any atom is -0.366 e. The van der Waals surface area contributed by atoms with E-state index < -0.39 is 40.2 Å². The number of carbonyl (C=O) groups is 1. The predicted molar refractivity (Wildman–Crippen MR) is 136 cm³/mol. The smallest absolute Gasteiger partial charge is 0.273 e. The number of benzene rings is 1. The first-order valence-electron chi connectivity index (χ1n) is 11.3. The molecule has 10 heteroatoms. The standard InChI is InChI=1S/C27H22ClF3N4O2/c1-3-7-34-25(17-5-4-6-18(24(17)31)26(32)36)22(30)13-35-14(2)8-21(23(28)27(35)37)20-10-19(20)15-9-16(29)12-33-11-15/h3-9,11-13,19-20H,10H2,1-2H3,(H2,32,36)/b7-3+,22-13-,34-25+. The summed E-state index contributed by atoms with van der Waals surface area (Å²) in [6.07, 6.45) is 6.97. The van der Waals surface area contributed by atoms with Crippen molar-refractivity contribution in [1.82, 2.24) is 9.55 Å². The molecule has 2 unspecified atom stereocenters. The van der Waals surface area contributed by atoms with Gasteiger partial charge >= 0.3 is 0 Å². The molecule has 4 rings (SSSR count). The summed E-state index contributed by atoms with van der Waals surface area (Å²) < 4.78 is 45.1. The molecule has 0 bridgehead atoms. The Kier molecular flexibility index (Phi) is 7.45. The van der Waals surface area contributed by atoms with Gasteiger partial charge in [-0.25, -0.2) is 13.2 Å². The molecule has 0 saturated heterocycles. The summed E-state index contributed by atoms with van der Waals surface area (Å²) >= 11 is 6.41. The van der Waals surface area contributed by atoms with E-state index in [9.17, 15) is 18.4 Å². The van der Waals surface area contributed by atoms with E-state index in [1.54, 1.807) is 26.1 Å². The molecule has 0 radical (unpaired) electrons. The van der Waals surface area contributed by atoms with Crippen LogP contribution in [0.25, 0.3) is 6.20 Å². The second-order valence-electron chi connectivity index (χ2n) is 8.58. The number of hydrogen-bond acceptors (Lipinski definition) is 4. The maximum Gasteiger partial charge on any atom is 0.273 e. The van der Waals surface area contributed by atoms with Crippen molar-refractivity contribution in [1.29, 1.82) is 0 Å². The molecule has 1 aliphatic carbocycles. The lowest BCUT2D eigenvalue weighted by Gasteiger charge is -2.12. The summed E-state index contributed by atoms with van der Waals surface area (Å²) in [6, 6.07) is 6.84. The highest BCUT2D eigenvalue weighted by Crippen LogP contribution is 2.55. The van der Waals surface area contributed by atoms with Gasteiger partial charge < -0.3 is 5.73 Å². The first kappa shape index (κ1) is 26.1. The van der Waals surface area contributed by atoms with E-state index in [0.717, 1.165) is 17.0 Å². The highest BCUT2D eigenvalue weighted by atomic mass is 35.5. The van der Waals surface area contributed by atoms with Crippen molar-refractivity contribution >= 4 is 29.4 Å². The molecule has 1 aliphatic rings. The maximum atomic E-state index is 15.5. The molecule has 6 nitrogen and oxygen atoms in total. The molecule has 2 atom stereocenters. The van der Waals surface area contributed by atoms with Gasteiger partial charge in [-0.3, -0.25) is 24.1 Å². The maximum absolute atomic E-state index is 15.5. The highest BCUT2D eigenvalue weighted by Gasteiger charge is 2.41. The summed E-state index contributed by atoms with van der Waals surface area (Å²) in [7, 11) is 0. The Morgan fingerprint density at radius 2 is 1.95 bits per heavy atom. The van der Waals surface area contributed by atoms with Crippen molar-refractivity contribution < 1.29 is 18.0 Å². The first-order valence-corrected chi connectivity index (χ1v) is 11.7. The van der Waals surface area contributed by atoms with Crippen LogP contribution in [0, 0.1) is 18.6 Å². The summed E-state index contributed by atoms with van der Waals surface area (Å²) in [6.45, 7) is 3.24. The van der Waals surface area contributed by atoms with Gasteiger partial charge in [-0.1, -0.05) is 23.7 Å². The number of primary amides is 1. The molecule has 0 spiro atoms. The van der Waals surface area contributed by atoms with Crippen molar-refractivity contribution in [3.63, 3.8) is 0 Å². The minimum absolute atomic E-state index is 0.0392. The molecule has 1 fully saturated rings. The Bertz CT molecular complexity index is 1550. The average molecular weight is 527 g/mol. The third-order valence-electron chi connectivity index (χ3n) is 6.09. The lowest BCUT2D eigenvalue weighted by atomic mass is 10.0. The molecule has 1 saturated carbocycles. The number of nitrogens with two attached hydrogens (primary N) is 1. The van der Waals surface area contributed by atoms with Gasteiger partial charge in [0.15, 0.2) is 5.83 Å². The van der Waals surface area contributed by atoms with Crippen molar-refractivity contribution in [3.8, 4) is 0 Å². The minimum atomic E-state index is -1.04. The molecule has 3 aromatic rings. The van der Waals surface area contributed by atoms with Gasteiger partial charge in [0.2, 0.25) is 0 Å². The van der Waals surface area contributed by atoms with E-state index in [-0.39, 0.29) is 22.4 Å². The van der Waals surface area contributed by atoms with Gasteiger partial charge in [-0.05, 0) is 67.5 Å². The van der Waals surface area contributed by atoms with Crippen LogP contribution < -0.4 is 11.3 Å². The Morgan fingerprint density at radius 3 is 2.62 bits per heavy atom. The van der Waals surface area contributed by atoms with E-state index in [1.165, 1.54) is 36.5 Å². The normalized spacial score (nSPS) is 17.9. The van der Waals surface area contributed by atoms with Crippen LogP contribution in [-0.4, -0.2) is 21.2 Å². The monoisotopic (exact) mass is 526 g/mol. The topological polar surface area (TPSA) is 90.3 Å². The van der Waals surface area contributed by atoms with Crippen LogP contribution in [0.5, 0.6) is 0 Å². The summed E-state index contributed by atoms with van der Waals surface area (Å²) in [5, 5.41) is -0.0969. The number of aryl methyl sites for hydroxylation is 1. The molecule has 37 heavy (non-hydrogen) atoms. The predicted octanol–water partition coefficient (Wildman–Crippen LogP) is 5.64. The number of hydrogen-bond donors (Lipinski definition) is 1. The number of allylic oxidation sites excluding steroid dienone is 2. The Labute approximate surface area is 215 Å². The first-order chi connectivity index (χ1) is 17.6. The summed E-state index contributed by atoms with van der Waals surface area (Å²) in [4.78, 5) is 32.5. The second kappa shape index (κ2) is 10.6. The zero-order chi connectivity index (χ0) is 26.9. The molecular formula is C27H22ClF3N4O2. The summed E-state index contributed by atoms with van der Waals surface area (Å²) in [5.74, 6) is -3.69. The fourth-order valence-electron chi connectivity index (χ4n) is 4.20. The second-order valence-corrected chi connectivity index (χ2v) is 8.96. The zero-order valence-corrected chi connectivity index (χ0v) is 20.6. The Morgan fingerprint density at radius 1 is 1.22 bits per heavy atom. The molecule has 190 valence electrons. The molecular weight excluding hydrogens is 505 g/mol. The Balaban J connectivity index is 1.74. The van der Waals surface area contributed by atoms with Crippen molar-refractivity contribution in [2.24, 2.45) is 10.7 Å². The SMILES string of the molecule is C/C=C/N=C(/C(F)=C/n1c(C)cc(C2CC2c2cncc(F)c2)c(Cl)c1=O)c1cccc(C(N)=O)c1F. The average Bonchev–Trinajstić information content (AvgIpc) is 3.66. The van der Waals surface area contributed by atoms with Gasteiger partial charge in [0.25, 0.3) is 11.5 Å². The van der Waals surface area contributed by atoms with Gasteiger partial charge in [-0.2, -0.15) is 0 Å². The number of nitrogens with zero attached hydrogens (tertiary/aromatic N) is 3. The third kappa shape index (κ3) is 5.27. The quantitative estimate of drug-likeness (QED) is 0.404. The fourth-order valence-corrected chi connectivity index (χ4v) is 4.49. The lowest BCUT2D eigenvalue weighted by Crippen LogP contribution is -2.21. The zero-order valence-electron chi connectivity index (χ0n) is 19.9. The van der Waals surface area contributed by atoms with Crippen LogP contribution in [0.2, 0.25) is 5.02 Å². The van der Waals surface area contributed by atoms with Crippen molar-refractivity contribution in [2.75, 3.05) is 0 Å². The molecule has 1 aromatic carbocycles. The number of aliphatic imine (C=N–C) groups is 1. The van der Waals surface area contributed by atoms with Gasteiger partial charge in [0.1, 0.15) is 22.4 Å². The van der Waals surface area contributed by atoms with E-state index in [4.69, 9.17) is 17.3 Å². The van der Waals surface area contributed by atoms with E-state index in [2.05, 4.69) is 9.98 Å². The number of amides is 1. The van der Waals surface area contributed by atoms with E-state index in [0.29, 0.717) is 23.2 Å². The number of pyridine rings is 2. The van der Waals surface area contributed by atoms with Gasteiger partial charge in [-0.15, -0.1) is 0 Å². The van der Waals surface area contributed by atoms with Gasteiger partial charge in [0, 0.05) is 23.7 Å². The van der Waals surface area contributed by atoms with Gasteiger partial charge in [0.05, 0.1) is 18.0 Å². The van der Waals surface area contributed by atoms with Crippen LogP contribution in [-0.2, 0) is 0 Å². The number of aromatic nitrogens is 2. The molecule has 2 aromatic heterocycles. The Hall–Kier alpha value is -3.98. The van der Waals surface area contributed by atoms with Crippen LogP contribution in [0.4, 0.5) is 13.2 Å². The largest absolute Gasteiger partial charge is 0.366 e. The third-order valence-corrected chi connectivity index (χ3v) is 6.47. The molecule has 2 heterocycles. The number of halogens is 4. The van der Waals surface area contributed by atoms with Crippen molar-refractivity contribution in [3.05, 3.63) is 116 Å². The van der Waals surface area contributed by atoms with Crippen LogP contribution >= 0.6 is 11.6 Å². The highest BCUT2D eigenvalue weighted by molar-refractivity contribution is 6.31.